The molecule has 6 rings (SSSR count). The summed E-state index contributed by atoms with van der Waals surface area (Å²) >= 11 is 0. The van der Waals surface area contributed by atoms with Crippen LogP contribution in [-0.2, 0) is 26.5 Å². The van der Waals surface area contributed by atoms with E-state index in [1.54, 1.807) is 6.07 Å². The summed E-state index contributed by atoms with van der Waals surface area (Å²) in [5.74, 6) is 2.06. The zero-order valence-corrected chi connectivity index (χ0v) is 25.7. The number of hydrogen-bond acceptors (Lipinski definition) is 5. The molecule has 0 saturated carbocycles. The fourth-order valence-electron chi connectivity index (χ4n) is 4.44. The van der Waals surface area contributed by atoms with Crippen LogP contribution in [0.2, 0.25) is 0 Å². The minimum atomic E-state index is -0.477. The Morgan fingerprint density at radius 1 is 0.738 bits per heavy atom. The Bertz CT molecular complexity index is 1790. The average molecular weight is 732 g/mol. The zero-order chi connectivity index (χ0) is 28.2. The first kappa shape index (κ1) is 29.0. The molecule has 42 heavy (non-hydrogen) atoms. The van der Waals surface area contributed by atoms with Crippen molar-refractivity contribution in [1.82, 2.24) is 19.7 Å². The second-order valence-corrected chi connectivity index (χ2v) is 10.2. The first-order chi connectivity index (χ1) is 20.0. The Hall–Kier alpha value is -4.54. The summed E-state index contributed by atoms with van der Waals surface area (Å²) in [6.07, 6.45) is 1.96. The maximum Gasteiger partial charge on any atom is 2.00 e. The van der Waals surface area contributed by atoms with Crippen molar-refractivity contribution in [2.75, 3.05) is 0 Å². The van der Waals surface area contributed by atoms with Gasteiger partial charge in [0.2, 0.25) is 0 Å². The van der Waals surface area contributed by atoms with E-state index in [-0.39, 0.29) is 21.1 Å². The molecule has 0 aliphatic rings. The van der Waals surface area contributed by atoms with Gasteiger partial charge in [0.1, 0.15) is 23.3 Å². The largest absolute Gasteiger partial charge is 2.00 e. The predicted molar refractivity (Wildman–Crippen MR) is 159 cm³/mol. The van der Waals surface area contributed by atoms with Crippen LogP contribution in [-0.4, -0.2) is 19.7 Å². The topological polar surface area (TPSA) is 62.1 Å². The molecule has 0 aliphatic carbocycles. The van der Waals surface area contributed by atoms with Crippen LogP contribution in [0.15, 0.2) is 115 Å². The summed E-state index contributed by atoms with van der Waals surface area (Å²) in [6, 6.07) is 41.3. The molecule has 3 aromatic carbocycles. The third kappa shape index (κ3) is 6.35. The molecule has 6 nitrogen and oxygen atoms in total. The van der Waals surface area contributed by atoms with E-state index < -0.39 is 5.41 Å². The van der Waals surface area contributed by atoms with Gasteiger partial charge in [-0.05, 0) is 61.6 Å². The van der Waals surface area contributed by atoms with Gasteiger partial charge < -0.3 is 14.5 Å². The molecular weight excluding hydrogens is 703 g/mol. The Morgan fingerprint density at radius 2 is 1.45 bits per heavy atom. The normalized spacial score (nSPS) is 11.0. The van der Waals surface area contributed by atoms with Crippen LogP contribution in [0, 0.1) is 19.1 Å². The maximum absolute atomic E-state index is 6.23. The number of aromatic nitrogens is 4. The first-order valence-electron chi connectivity index (χ1n) is 13.4. The number of benzene rings is 3. The van der Waals surface area contributed by atoms with Gasteiger partial charge in [0, 0.05) is 11.9 Å². The summed E-state index contributed by atoms with van der Waals surface area (Å²) in [7, 11) is 0. The van der Waals surface area contributed by atoms with Crippen molar-refractivity contribution >= 4 is 0 Å². The van der Waals surface area contributed by atoms with Crippen LogP contribution in [0.5, 0.6) is 23.3 Å². The van der Waals surface area contributed by atoms with Gasteiger partial charge in [-0.25, -0.2) is 0 Å². The summed E-state index contributed by atoms with van der Waals surface area (Å²) in [5.41, 5.74) is 4.65. The SMILES string of the molecule is Cc1cc[c-]c(-n2ccc(C(C)(C)c3cccc(-c4[c-]cc(Oc5ccccc5)nc4Oc4ccccc4)n3)n2)c1.[Pt+2]. The molecule has 3 aromatic heterocycles. The fourth-order valence-corrected chi connectivity index (χ4v) is 4.44. The molecule has 0 spiro atoms. The van der Waals surface area contributed by atoms with E-state index in [0.29, 0.717) is 34.5 Å². The van der Waals surface area contributed by atoms with Crippen LogP contribution in [0.4, 0.5) is 0 Å². The van der Waals surface area contributed by atoms with E-state index in [1.807, 2.05) is 108 Å². The van der Waals surface area contributed by atoms with Crippen LogP contribution < -0.4 is 9.47 Å². The summed E-state index contributed by atoms with van der Waals surface area (Å²) < 4.78 is 14.1. The van der Waals surface area contributed by atoms with Crippen molar-refractivity contribution < 1.29 is 30.5 Å². The van der Waals surface area contributed by atoms with Crippen LogP contribution in [0.1, 0.15) is 30.8 Å². The third-order valence-corrected chi connectivity index (χ3v) is 6.75. The molecule has 0 unspecified atom stereocenters. The van der Waals surface area contributed by atoms with E-state index in [1.165, 1.54) is 0 Å². The van der Waals surface area contributed by atoms with Crippen molar-refractivity contribution in [2.45, 2.75) is 26.2 Å². The van der Waals surface area contributed by atoms with Gasteiger partial charge in [-0.1, -0.05) is 67.1 Å². The van der Waals surface area contributed by atoms with E-state index in [2.05, 4.69) is 39.0 Å². The van der Waals surface area contributed by atoms with Gasteiger partial charge in [-0.3, -0.25) is 9.67 Å². The van der Waals surface area contributed by atoms with Gasteiger partial charge >= 0.3 is 21.1 Å². The smallest absolute Gasteiger partial charge is 0.484 e. The van der Waals surface area contributed by atoms with Gasteiger partial charge in [0.05, 0.1) is 11.1 Å². The number of para-hydroxylation sites is 2. The van der Waals surface area contributed by atoms with Gasteiger partial charge in [-0.15, -0.1) is 12.1 Å². The molecule has 0 aliphatic heterocycles. The summed E-state index contributed by atoms with van der Waals surface area (Å²) in [4.78, 5) is 9.75. The second-order valence-electron chi connectivity index (χ2n) is 10.2. The third-order valence-electron chi connectivity index (χ3n) is 6.75. The number of hydrogen-bond donors (Lipinski definition) is 0. The van der Waals surface area contributed by atoms with Crippen molar-refractivity contribution in [3.8, 4) is 40.2 Å². The molecule has 210 valence electrons. The van der Waals surface area contributed by atoms with Crippen LogP contribution >= 0.6 is 0 Å². The monoisotopic (exact) mass is 731 g/mol. The van der Waals surface area contributed by atoms with Crippen molar-refractivity contribution in [3.63, 3.8) is 0 Å². The molecule has 0 amide bonds. The molecule has 3 heterocycles. The Labute approximate surface area is 260 Å². The predicted octanol–water partition coefficient (Wildman–Crippen LogP) is 8.15. The minimum absolute atomic E-state index is 0. The average Bonchev–Trinajstić information content (AvgIpc) is 3.50. The molecule has 0 atom stereocenters. The molecule has 0 fully saturated rings. The van der Waals surface area contributed by atoms with Gasteiger partial charge in [0.25, 0.3) is 0 Å². The Morgan fingerprint density at radius 3 is 2.17 bits per heavy atom. The molecule has 0 N–H and O–H groups in total. The number of rotatable bonds is 8. The van der Waals surface area contributed by atoms with E-state index >= 15 is 0 Å². The molecule has 6 aromatic rings. The standard InChI is InChI=1S/C35H28N4O2.Pt/c1-25-12-10-13-26(24-25)39-23-22-32(38-39)35(2,3)31-19-11-18-30(36-31)29-20-21-33(40-27-14-6-4-7-15-27)37-34(29)41-28-16-8-5-9-17-28;/h4-12,14-19,21-24H,1-3H3;/q-2;+2. The molecule has 0 radical (unpaired) electrons. The molecule has 0 bridgehead atoms. The van der Waals surface area contributed by atoms with Crippen molar-refractivity contribution in [3.05, 3.63) is 144 Å². The Kier molecular flexibility index (Phi) is 8.65. The van der Waals surface area contributed by atoms with E-state index in [9.17, 15) is 0 Å². The van der Waals surface area contributed by atoms with Crippen molar-refractivity contribution in [1.29, 1.82) is 0 Å². The number of nitrogens with zero attached hydrogens (tertiary/aromatic N) is 4. The number of pyridine rings is 2. The quantitative estimate of drug-likeness (QED) is 0.148. The van der Waals surface area contributed by atoms with Gasteiger partial charge in [0.15, 0.2) is 0 Å². The van der Waals surface area contributed by atoms with E-state index in [4.69, 9.17) is 24.5 Å². The molecule has 7 heteroatoms. The number of ether oxygens (including phenoxy) is 2. The fraction of sp³-hybridized carbons (Fsp3) is 0.114. The van der Waals surface area contributed by atoms with Crippen LogP contribution in [0.3, 0.4) is 0 Å². The first-order valence-corrected chi connectivity index (χ1v) is 13.4. The second kappa shape index (κ2) is 12.5. The maximum atomic E-state index is 6.23. The zero-order valence-electron chi connectivity index (χ0n) is 23.4. The van der Waals surface area contributed by atoms with Crippen LogP contribution in [0.25, 0.3) is 16.9 Å². The Balaban J connectivity index is 0.00000353. The molecular formula is C35H28N4O2Pt. The van der Waals surface area contributed by atoms with Crippen molar-refractivity contribution in [2.24, 2.45) is 0 Å². The number of aryl methyl sites for hydroxylation is 1. The minimum Gasteiger partial charge on any atom is -0.484 e. The van der Waals surface area contributed by atoms with Gasteiger partial charge in [-0.2, -0.15) is 28.9 Å². The molecule has 0 saturated heterocycles. The van der Waals surface area contributed by atoms with E-state index in [0.717, 1.165) is 22.6 Å². The summed E-state index contributed by atoms with van der Waals surface area (Å²) in [5, 5.41) is 4.88. The summed E-state index contributed by atoms with van der Waals surface area (Å²) in [6.45, 7) is 6.29.